The summed E-state index contributed by atoms with van der Waals surface area (Å²) in [6.45, 7) is 4.68. The number of carbonyl (C=O) groups is 2. The summed E-state index contributed by atoms with van der Waals surface area (Å²) in [7, 11) is 0. The molecule has 0 saturated heterocycles. The summed E-state index contributed by atoms with van der Waals surface area (Å²) >= 11 is 0.396. The highest BCUT2D eigenvalue weighted by molar-refractivity contribution is 7.17. The molecule has 27 heavy (non-hydrogen) atoms. The molecule has 1 aromatic heterocycles. The molecule has 6 nitrogen and oxygen atoms in total. The monoisotopic (exact) mass is 402 g/mol. The zero-order valence-electron chi connectivity index (χ0n) is 14.7. The Morgan fingerprint density at radius 2 is 2.04 bits per heavy atom. The molecule has 1 heterocycles. The molecule has 0 aliphatic heterocycles. The van der Waals surface area contributed by atoms with Gasteiger partial charge in [-0.2, -0.15) is 13.2 Å². The number of hydrogen-bond acceptors (Lipinski definition) is 6. The van der Waals surface area contributed by atoms with E-state index in [0.717, 1.165) is 5.56 Å². The number of esters is 1. The van der Waals surface area contributed by atoms with Gasteiger partial charge in [-0.15, -0.1) is 0 Å². The summed E-state index contributed by atoms with van der Waals surface area (Å²) in [6.07, 6.45) is -5.85. The van der Waals surface area contributed by atoms with Gasteiger partial charge >= 0.3 is 12.1 Å². The minimum Gasteiger partial charge on any atom is -0.481 e. The molecule has 146 valence electrons. The average molecular weight is 402 g/mol. The predicted molar refractivity (Wildman–Crippen MR) is 93.0 cm³/mol. The standard InChI is InChI=1S/C17H17F3N2O4S/c1-4-25-15(24)12-13(17(18,19)20)21-16(27-12)22-14(23)10(3)26-11-7-5-6-9(2)8-11/h5-8,10H,4H2,1-3H3,(H,21,22,23). The fraction of sp³-hybridized carbons (Fsp3) is 0.353. The first-order chi connectivity index (χ1) is 12.6. The number of hydrogen-bond donors (Lipinski definition) is 1. The number of anilines is 1. The number of benzene rings is 1. The summed E-state index contributed by atoms with van der Waals surface area (Å²) in [5.41, 5.74) is -0.470. The number of nitrogens with one attached hydrogen (secondary N) is 1. The van der Waals surface area contributed by atoms with Crippen LogP contribution in [-0.2, 0) is 15.7 Å². The summed E-state index contributed by atoms with van der Waals surface area (Å²) in [4.78, 5) is 26.5. The minimum absolute atomic E-state index is 0.0862. The van der Waals surface area contributed by atoms with Gasteiger partial charge in [-0.25, -0.2) is 9.78 Å². The van der Waals surface area contributed by atoms with Crippen LogP contribution < -0.4 is 10.1 Å². The van der Waals surface area contributed by atoms with Crippen LogP contribution in [0.3, 0.4) is 0 Å². The van der Waals surface area contributed by atoms with Crippen molar-refractivity contribution in [2.24, 2.45) is 0 Å². The zero-order valence-corrected chi connectivity index (χ0v) is 15.5. The maximum absolute atomic E-state index is 13.1. The first-order valence-electron chi connectivity index (χ1n) is 7.91. The van der Waals surface area contributed by atoms with Gasteiger partial charge < -0.3 is 9.47 Å². The van der Waals surface area contributed by atoms with Gasteiger partial charge in [0.1, 0.15) is 10.6 Å². The molecule has 0 saturated carbocycles. The number of aromatic nitrogens is 1. The van der Waals surface area contributed by atoms with Gasteiger partial charge in [-0.3, -0.25) is 10.1 Å². The number of ether oxygens (including phenoxy) is 2. The summed E-state index contributed by atoms with van der Waals surface area (Å²) in [5, 5.41) is 1.88. The Labute approximate surface area is 157 Å². The number of rotatable bonds is 6. The molecule has 0 bridgehead atoms. The van der Waals surface area contributed by atoms with Crippen LogP contribution in [0.2, 0.25) is 0 Å². The summed E-state index contributed by atoms with van der Waals surface area (Å²) < 4.78 is 49.3. The number of amides is 1. The molecule has 0 aliphatic rings. The first kappa shape index (κ1) is 20.7. The Bertz CT molecular complexity index is 836. The van der Waals surface area contributed by atoms with Crippen molar-refractivity contribution in [3.63, 3.8) is 0 Å². The summed E-state index contributed by atoms with van der Waals surface area (Å²) in [5.74, 6) is -1.40. The van der Waals surface area contributed by atoms with Gasteiger partial charge in [0, 0.05) is 0 Å². The maximum atomic E-state index is 13.1. The van der Waals surface area contributed by atoms with E-state index in [-0.39, 0.29) is 11.7 Å². The molecule has 1 atom stereocenters. The van der Waals surface area contributed by atoms with E-state index >= 15 is 0 Å². The zero-order chi connectivity index (χ0) is 20.2. The van der Waals surface area contributed by atoms with Gasteiger partial charge in [0.05, 0.1) is 6.61 Å². The molecule has 1 amide bonds. The third kappa shape index (κ3) is 5.43. The van der Waals surface area contributed by atoms with E-state index in [9.17, 15) is 22.8 Å². The van der Waals surface area contributed by atoms with Crippen molar-refractivity contribution in [1.82, 2.24) is 4.98 Å². The molecule has 1 aromatic carbocycles. The second-order valence-corrected chi connectivity index (χ2v) is 6.48. The molecule has 0 aliphatic carbocycles. The van der Waals surface area contributed by atoms with Crippen LogP contribution in [0.25, 0.3) is 0 Å². The van der Waals surface area contributed by atoms with Crippen LogP contribution in [0.15, 0.2) is 24.3 Å². The maximum Gasteiger partial charge on any atom is 0.435 e. The molecule has 2 rings (SSSR count). The number of nitrogens with zero attached hydrogens (tertiary/aromatic N) is 1. The quantitative estimate of drug-likeness (QED) is 0.738. The first-order valence-corrected chi connectivity index (χ1v) is 8.72. The number of halogens is 3. The molecular formula is C17H17F3N2O4S. The lowest BCUT2D eigenvalue weighted by atomic mass is 10.2. The molecule has 0 spiro atoms. The fourth-order valence-corrected chi connectivity index (χ4v) is 2.94. The number of carbonyl (C=O) groups excluding carboxylic acids is 2. The highest BCUT2D eigenvalue weighted by Gasteiger charge is 2.40. The minimum atomic E-state index is -4.86. The van der Waals surface area contributed by atoms with Crippen LogP contribution in [0.5, 0.6) is 5.75 Å². The van der Waals surface area contributed by atoms with Crippen LogP contribution in [0.1, 0.15) is 34.8 Å². The second kappa shape index (κ2) is 8.38. The van der Waals surface area contributed by atoms with Crippen LogP contribution in [-0.4, -0.2) is 29.6 Å². The van der Waals surface area contributed by atoms with E-state index in [0.29, 0.717) is 17.1 Å². The molecule has 1 unspecified atom stereocenters. The lowest BCUT2D eigenvalue weighted by Crippen LogP contribution is -2.30. The van der Waals surface area contributed by atoms with E-state index in [2.05, 4.69) is 15.0 Å². The normalized spacial score (nSPS) is 12.4. The highest BCUT2D eigenvalue weighted by Crippen LogP contribution is 2.36. The highest BCUT2D eigenvalue weighted by atomic mass is 32.1. The second-order valence-electron chi connectivity index (χ2n) is 5.48. The number of alkyl halides is 3. The van der Waals surface area contributed by atoms with Gasteiger partial charge in [-0.1, -0.05) is 23.5 Å². The van der Waals surface area contributed by atoms with Crippen molar-refractivity contribution in [2.75, 3.05) is 11.9 Å². The Kier molecular flexibility index (Phi) is 6.42. The van der Waals surface area contributed by atoms with Gasteiger partial charge in [0.15, 0.2) is 16.9 Å². The van der Waals surface area contributed by atoms with Crippen molar-refractivity contribution < 1.29 is 32.2 Å². The number of thiazole rings is 1. The Balaban J connectivity index is 2.16. The van der Waals surface area contributed by atoms with Crippen LogP contribution in [0, 0.1) is 6.92 Å². The van der Waals surface area contributed by atoms with E-state index in [1.165, 1.54) is 13.8 Å². The topological polar surface area (TPSA) is 77.5 Å². The SMILES string of the molecule is CCOC(=O)c1sc(NC(=O)C(C)Oc2cccc(C)c2)nc1C(F)(F)F. The molecule has 10 heteroatoms. The predicted octanol–water partition coefficient (Wildman–Crippen LogP) is 4.05. The largest absolute Gasteiger partial charge is 0.481 e. The van der Waals surface area contributed by atoms with Crippen LogP contribution >= 0.6 is 11.3 Å². The number of aryl methyl sites for hydroxylation is 1. The van der Waals surface area contributed by atoms with E-state index in [1.54, 1.807) is 18.2 Å². The lowest BCUT2D eigenvalue weighted by Gasteiger charge is -2.14. The van der Waals surface area contributed by atoms with Crippen LogP contribution in [0.4, 0.5) is 18.3 Å². The lowest BCUT2D eigenvalue weighted by molar-refractivity contribution is -0.141. The fourth-order valence-electron chi connectivity index (χ4n) is 2.05. The van der Waals surface area contributed by atoms with Crippen molar-refractivity contribution in [1.29, 1.82) is 0 Å². The van der Waals surface area contributed by atoms with Crippen molar-refractivity contribution in [3.8, 4) is 5.75 Å². The Morgan fingerprint density at radius 3 is 2.63 bits per heavy atom. The van der Waals surface area contributed by atoms with E-state index < -0.39 is 34.7 Å². The van der Waals surface area contributed by atoms with E-state index in [4.69, 9.17) is 4.74 Å². The smallest absolute Gasteiger partial charge is 0.435 e. The average Bonchev–Trinajstić information content (AvgIpc) is 2.99. The molecule has 0 radical (unpaired) electrons. The molecule has 0 fully saturated rings. The third-order valence-electron chi connectivity index (χ3n) is 3.26. The Morgan fingerprint density at radius 1 is 1.33 bits per heavy atom. The van der Waals surface area contributed by atoms with Gasteiger partial charge in [-0.05, 0) is 38.5 Å². The van der Waals surface area contributed by atoms with Crippen molar-refractivity contribution >= 4 is 28.3 Å². The molecular weight excluding hydrogens is 385 g/mol. The van der Waals surface area contributed by atoms with E-state index in [1.807, 2.05) is 13.0 Å². The third-order valence-corrected chi connectivity index (χ3v) is 4.21. The molecule has 2 aromatic rings. The Hall–Kier alpha value is -2.62. The summed E-state index contributed by atoms with van der Waals surface area (Å²) in [6, 6.07) is 6.97. The van der Waals surface area contributed by atoms with Crippen molar-refractivity contribution in [3.05, 3.63) is 40.4 Å². The van der Waals surface area contributed by atoms with Gasteiger partial charge in [0.2, 0.25) is 0 Å². The molecule has 1 N–H and O–H groups in total. The van der Waals surface area contributed by atoms with Gasteiger partial charge in [0.25, 0.3) is 5.91 Å². The van der Waals surface area contributed by atoms with Crippen molar-refractivity contribution in [2.45, 2.75) is 33.1 Å².